The van der Waals surface area contributed by atoms with Crippen LogP contribution in [-0.4, -0.2) is 11.1 Å². The molecule has 0 saturated carbocycles. The van der Waals surface area contributed by atoms with E-state index in [-0.39, 0.29) is 0 Å². The Kier molecular flexibility index (Phi) is 4.05. The molecule has 0 atom stereocenters. The van der Waals surface area contributed by atoms with Crippen LogP contribution in [-0.2, 0) is 5.75 Å². The van der Waals surface area contributed by atoms with Crippen LogP contribution >= 0.6 is 11.8 Å². The second-order valence-corrected chi connectivity index (χ2v) is 5.15. The first-order valence-electron chi connectivity index (χ1n) is 5.67. The lowest BCUT2D eigenvalue weighted by molar-refractivity contribution is 0.0697. The Bertz CT molecular complexity index is 529. The Labute approximate surface area is 111 Å². The van der Waals surface area contributed by atoms with E-state index in [0.717, 1.165) is 10.6 Å². The zero-order chi connectivity index (χ0) is 13.0. The first-order chi connectivity index (χ1) is 8.65. The van der Waals surface area contributed by atoms with Crippen LogP contribution in [0.25, 0.3) is 0 Å². The van der Waals surface area contributed by atoms with Gasteiger partial charge < -0.3 is 5.11 Å². The molecule has 18 heavy (non-hydrogen) atoms. The summed E-state index contributed by atoms with van der Waals surface area (Å²) in [6.07, 6.45) is 0. The summed E-state index contributed by atoms with van der Waals surface area (Å²) in [5.74, 6) is 0.0114. The third kappa shape index (κ3) is 3.37. The van der Waals surface area contributed by atoms with Gasteiger partial charge in [0.05, 0.1) is 5.56 Å². The number of aromatic carboxylic acids is 1. The van der Waals surface area contributed by atoms with Crippen molar-refractivity contribution in [2.45, 2.75) is 17.6 Å². The molecule has 0 saturated heterocycles. The normalized spacial score (nSPS) is 10.3. The molecule has 0 aliphatic heterocycles. The van der Waals surface area contributed by atoms with Gasteiger partial charge in [0.1, 0.15) is 0 Å². The zero-order valence-corrected chi connectivity index (χ0v) is 10.9. The van der Waals surface area contributed by atoms with E-state index in [2.05, 4.69) is 31.2 Å². The highest BCUT2D eigenvalue weighted by Gasteiger charge is 2.02. The van der Waals surface area contributed by atoms with Gasteiger partial charge in [-0.05, 0) is 36.8 Å². The van der Waals surface area contributed by atoms with Gasteiger partial charge in [-0.25, -0.2) is 4.79 Å². The molecule has 0 bridgehead atoms. The van der Waals surface area contributed by atoms with E-state index in [9.17, 15) is 4.79 Å². The van der Waals surface area contributed by atoms with Crippen LogP contribution in [0.4, 0.5) is 0 Å². The van der Waals surface area contributed by atoms with Gasteiger partial charge in [-0.3, -0.25) is 0 Å². The molecular weight excluding hydrogens is 244 g/mol. The predicted molar refractivity (Wildman–Crippen MR) is 74.1 cm³/mol. The van der Waals surface area contributed by atoms with Crippen LogP contribution in [0, 0.1) is 6.92 Å². The maximum atomic E-state index is 10.7. The number of thioether (sulfide) groups is 1. The molecule has 2 aromatic carbocycles. The highest BCUT2D eigenvalue weighted by atomic mass is 32.2. The highest BCUT2D eigenvalue weighted by molar-refractivity contribution is 7.98. The standard InChI is InChI=1S/C15H14O2S/c1-11-2-4-12(5-3-11)10-18-14-8-6-13(7-9-14)15(16)17/h2-9H,10H2,1H3,(H,16,17). The van der Waals surface area contributed by atoms with Gasteiger partial charge in [-0.15, -0.1) is 11.8 Å². The molecule has 0 unspecified atom stereocenters. The number of aryl methyl sites for hydroxylation is 1. The van der Waals surface area contributed by atoms with Crippen molar-refractivity contribution < 1.29 is 9.90 Å². The number of hydrogen-bond acceptors (Lipinski definition) is 2. The fourth-order valence-corrected chi connectivity index (χ4v) is 2.40. The quantitative estimate of drug-likeness (QED) is 0.843. The van der Waals surface area contributed by atoms with E-state index in [1.54, 1.807) is 23.9 Å². The zero-order valence-electron chi connectivity index (χ0n) is 10.1. The van der Waals surface area contributed by atoms with Gasteiger partial charge in [0.15, 0.2) is 0 Å². The van der Waals surface area contributed by atoms with Gasteiger partial charge >= 0.3 is 5.97 Å². The molecule has 0 fully saturated rings. The molecule has 0 spiro atoms. The Hall–Kier alpha value is -1.74. The molecule has 0 aliphatic carbocycles. The molecule has 0 radical (unpaired) electrons. The maximum absolute atomic E-state index is 10.7. The Morgan fingerprint density at radius 1 is 1.06 bits per heavy atom. The molecule has 92 valence electrons. The number of benzene rings is 2. The molecular formula is C15H14O2S. The van der Waals surface area contributed by atoms with Crippen LogP contribution in [0.1, 0.15) is 21.5 Å². The van der Waals surface area contributed by atoms with Crippen LogP contribution < -0.4 is 0 Å². The van der Waals surface area contributed by atoms with Crippen molar-refractivity contribution in [3.8, 4) is 0 Å². The molecule has 0 heterocycles. The summed E-state index contributed by atoms with van der Waals surface area (Å²) >= 11 is 1.71. The summed E-state index contributed by atoms with van der Waals surface area (Å²) in [5.41, 5.74) is 2.86. The molecule has 1 N–H and O–H groups in total. The van der Waals surface area contributed by atoms with E-state index in [1.807, 2.05) is 12.1 Å². The van der Waals surface area contributed by atoms with Crippen molar-refractivity contribution in [1.29, 1.82) is 0 Å². The Morgan fingerprint density at radius 2 is 1.67 bits per heavy atom. The van der Waals surface area contributed by atoms with Crippen LogP contribution in [0.15, 0.2) is 53.4 Å². The number of carboxylic acid groups (broad SMARTS) is 1. The minimum Gasteiger partial charge on any atom is -0.478 e. The van der Waals surface area contributed by atoms with Crippen molar-refractivity contribution in [3.05, 3.63) is 65.2 Å². The van der Waals surface area contributed by atoms with Crippen molar-refractivity contribution in [3.63, 3.8) is 0 Å². The number of carboxylic acids is 1. The van der Waals surface area contributed by atoms with Crippen LogP contribution in [0.5, 0.6) is 0 Å². The van der Waals surface area contributed by atoms with E-state index in [1.165, 1.54) is 11.1 Å². The molecule has 2 rings (SSSR count). The lowest BCUT2D eigenvalue weighted by Gasteiger charge is -2.03. The van der Waals surface area contributed by atoms with Gasteiger partial charge in [0, 0.05) is 10.6 Å². The van der Waals surface area contributed by atoms with Crippen molar-refractivity contribution in [2.24, 2.45) is 0 Å². The SMILES string of the molecule is Cc1ccc(CSc2ccc(C(=O)O)cc2)cc1. The lowest BCUT2D eigenvalue weighted by Crippen LogP contribution is -1.94. The van der Waals surface area contributed by atoms with Gasteiger partial charge in [-0.1, -0.05) is 29.8 Å². The molecule has 2 nitrogen and oxygen atoms in total. The van der Waals surface area contributed by atoms with E-state index in [4.69, 9.17) is 5.11 Å². The van der Waals surface area contributed by atoms with E-state index >= 15 is 0 Å². The molecule has 2 aromatic rings. The lowest BCUT2D eigenvalue weighted by atomic mass is 10.2. The summed E-state index contributed by atoms with van der Waals surface area (Å²) in [7, 11) is 0. The predicted octanol–water partition coefficient (Wildman–Crippen LogP) is 3.99. The topological polar surface area (TPSA) is 37.3 Å². The molecule has 3 heteroatoms. The summed E-state index contributed by atoms with van der Waals surface area (Å²) in [5, 5.41) is 8.80. The van der Waals surface area contributed by atoms with Gasteiger partial charge in [0.2, 0.25) is 0 Å². The smallest absolute Gasteiger partial charge is 0.335 e. The maximum Gasteiger partial charge on any atom is 0.335 e. The van der Waals surface area contributed by atoms with Crippen molar-refractivity contribution >= 4 is 17.7 Å². The molecule has 0 amide bonds. The average Bonchev–Trinajstić information content (AvgIpc) is 2.38. The minimum atomic E-state index is -0.884. The van der Waals surface area contributed by atoms with Gasteiger partial charge in [0.25, 0.3) is 0 Å². The third-order valence-electron chi connectivity index (χ3n) is 2.63. The Morgan fingerprint density at radius 3 is 2.22 bits per heavy atom. The van der Waals surface area contributed by atoms with E-state index in [0.29, 0.717) is 5.56 Å². The van der Waals surface area contributed by atoms with Crippen LogP contribution in [0.2, 0.25) is 0 Å². The van der Waals surface area contributed by atoms with E-state index < -0.39 is 5.97 Å². The largest absolute Gasteiger partial charge is 0.478 e. The fraction of sp³-hybridized carbons (Fsp3) is 0.133. The third-order valence-corrected chi connectivity index (χ3v) is 3.71. The van der Waals surface area contributed by atoms with Gasteiger partial charge in [-0.2, -0.15) is 0 Å². The number of carbonyl (C=O) groups is 1. The summed E-state index contributed by atoms with van der Waals surface area (Å²) in [6, 6.07) is 15.4. The average molecular weight is 258 g/mol. The monoisotopic (exact) mass is 258 g/mol. The first-order valence-corrected chi connectivity index (χ1v) is 6.65. The first kappa shape index (κ1) is 12.7. The Balaban J connectivity index is 1.97. The summed E-state index contributed by atoms with van der Waals surface area (Å²) < 4.78 is 0. The van der Waals surface area contributed by atoms with Crippen LogP contribution in [0.3, 0.4) is 0 Å². The number of rotatable bonds is 4. The highest BCUT2D eigenvalue weighted by Crippen LogP contribution is 2.23. The molecule has 0 aromatic heterocycles. The minimum absolute atomic E-state index is 0.328. The summed E-state index contributed by atoms with van der Waals surface area (Å²) in [6.45, 7) is 2.07. The fourth-order valence-electron chi connectivity index (χ4n) is 1.54. The van der Waals surface area contributed by atoms with Crippen molar-refractivity contribution in [2.75, 3.05) is 0 Å². The van der Waals surface area contributed by atoms with Crippen molar-refractivity contribution in [1.82, 2.24) is 0 Å². The number of hydrogen-bond donors (Lipinski definition) is 1. The second-order valence-electron chi connectivity index (χ2n) is 4.10. The second kappa shape index (κ2) is 5.74. The molecule has 0 aliphatic rings. The summed E-state index contributed by atoms with van der Waals surface area (Å²) in [4.78, 5) is 11.8.